The minimum Gasteiger partial charge on any atom is -0.462 e. The number of ether oxygens (including phenoxy) is 4. The van der Waals surface area contributed by atoms with Gasteiger partial charge in [-0.15, -0.1) is 0 Å². The first-order valence-corrected chi connectivity index (χ1v) is 24.7. The number of allylic oxidation sites excluding steroid dienone is 13. The molecule has 1 aliphatic heterocycles. The number of esters is 2. The number of hydrogen-bond donors (Lipinski definition) is 4. The zero-order chi connectivity index (χ0) is 45.9. The van der Waals surface area contributed by atoms with E-state index in [-0.39, 0.29) is 26.1 Å². The average molecular weight is 885 g/mol. The Morgan fingerprint density at radius 3 is 1.49 bits per heavy atom. The molecule has 63 heavy (non-hydrogen) atoms. The second-order valence-corrected chi connectivity index (χ2v) is 16.5. The molecule has 1 heterocycles. The number of aliphatic hydroxyl groups is 4. The van der Waals surface area contributed by atoms with Crippen LogP contribution in [0.25, 0.3) is 0 Å². The van der Waals surface area contributed by atoms with E-state index in [1.807, 2.05) is 12.2 Å². The lowest BCUT2D eigenvalue weighted by molar-refractivity contribution is -0.305. The van der Waals surface area contributed by atoms with Crippen LogP contribution in [0.5, 0.6) is 0 Å². The molecule has 0 aromatic carbocycles. The highest BCUT2D eigenvalue weighted by atomic mass is 16.7. The van der Waals surface area contributed by atoms with Crippen molar-refractivity contribution in [3.05, 3.63) is 85.1 Å². The van der Waals surface area contributed by atoms with Crippen LogP contribution in [0.3, 0.4) is 0 Å². The highest BCUT2D eigenvalue weighted by Gasteiger charge is 2.44. The second kappa shape index (κ2) is 42.8. The number of unbranched alkanes of at least 4 members (excludes halogenated alkanes) is 16. The van der Waals surface area contributed by atoms with Gasteiger partial charge in [0.2, 0.25) is 0 Å². The summed E-state index contributed by atoms with van der Waals surface area (Å²) in [7, 11) is 0. The number of rotatable bonds is 40. The number of hydrogen-bond acceptors (Lipinski definition) is 10. The first kappa shape index (κ1) is 57.9. The molecule has 4 N–H and O–H groups in total. The molecule has 1 rings (SSSR count). The lowest BCUT2D eigenvalue weighted by atomic mass is 9.99. The normalized spacial score (nSPS) is 20.3. The molecule has 1 saturated heterocycles. The van der Waals surface area contributed by atoms with Gasteiger partial charge in [-0.2, -0.15) is 0 Å². The molecular formula is C53H88O10. The van der Waals surface area contributed by atoms with E-state index in [9.17, 15) is 30.0 Å². The number of carbonyl (C=O) groups excluding carboxylic acids is 2. The van der Waals surface area contributed by atoms with Crippen molar-refractivity contribution in [1.29, 1.82) is 0 Å². The molecule has 0 radical (unpaired) electrons. The number of aliphatic hydroxyl groups excluding tert-OH is 4. The summed E-state index contributed by atoms with van der Waals surface area (Å²) in [5, 5.41) is 40.1. The Morgan fingerprint density at radius 2 is 0.984 bits per heavy atom. The lowest BCUT2D eigenvalue weighted by Crippen LogP contribution is -2.59. The summed E-state index contributed by atoms with van der Waals surface area (Å²) >= 11 is 0. The van der Waals surface area contributed by atoms with Crippen LogP contribution in [-0.4, -0.2) is 89.0 Å². The quantitative estimate of drug-likeness (QED) is 0.0266. The van der Waals surface area contributed by atoms with Crippen molar-refractivity contribution in [1.82, 2.24) is 0 Å². The van der Waals surface area contributed by atoms with Crippen molar-refractivity contribution in [2.45, 2.75) is 218 Å². The van der Waals surface area contributed by atoms with Crippen molar-refractivity contribution in [2.24, 2.45) is 0 Å². The number of carbonyl (C=O) groups is 2. The van der Waals surface area contributed by atoms with Crippen LogP contribution < -0.4 is 0 Å². The zero-order valence-corrected chi connectivity index (χ0v) is 39.3. The van der Waals surface area contributed by atoms with Gasteiger partial charge in [0.25, 0.3) is 0 Å². The monoisotopic (exact) mass is 885 g/mol. The molecule has 360 valence electrons. The van der Waals surface area contributed by atoms with Crippen LogP contribution in [-0.2, 0) is 28.5 Å². The zero-order valence-electron chi connectivity index (χ0n) is 39.3. The van der Waals surface area contributed by atoms with E-state index in [0.29, 0.717) is 12.8 Å². The van der Waals surface area contributed by atoms with Gasteiger partial charge >= 0.3 is 11.9 Å². The Labute approximate surface area is 382 Å². The fraction of sp³-hybridized carbons (Fsp3) is 0.698. The molecule has 0 saturated carbocycles. The van der Waals surface area contributed by atoms with Crippen LogP contribution in [0.2, 0.25) is 0 Å². The molecule has 0 bridgehead atoms. The topological polar surface area (TPSA) is 152 Å². The maximum Gasteiger partial charge on any atom is 0.310 e. The van der Waals surface area contributed by atoms with Crippen molar-refractivity contribution < 1.29 is 49.0 Å². The van der Waals surface area contributed by atoms with E-state index in [1.54, 1.807) is 6.08 Å². The standard InChI is InChI=1S/C53H88O10/c1-3-5-7-9-11-13-15-17-19-20-21-22-23-24-25-26-28-29-31-33-35-37-39-41-48(55)60-44-46(45-61-53-52(59)51(58)50(57)47(43-54)63-53)62-49(56)42-40-38-36-34-32-30-27-18-16-14-12-10-8-6-4-2/h6,8,12,14-15,17-18,20-21,27,32,34,38,40,46-47,50-54,57-59H,3-5,7,9-11,13,16,19,22-26,28-31,33,35-37,39,41-45H2,1-2H3/b8-6-,14-12-,17-15-,21-20-,27-18-,34-32-,40-38-. The molecule has 10 nitrogen and oxygen atoms in total. The molecule has 0 aromatic heterocycles. The minimum absolute atomic E-state index is 0.00629. The summed E-state index contributed by atoms with van der Waals surface area (Å²) in [5.74, 6) is -0.960. The van der Waals surface area contributed by atoms with Crippen LogP contribution in [0.15, 0.2) is 85.1 Å². The molecule has 0 spiro atoms. The van der Waals surface area contributed by atoms with E-state index in [4.69, 9.17) is 18.9 Å². The average Bonchev–Trinajstić information content (AvgIpc) is 3.28. The van der Waals surface area contributed by atoms with Crippen LogP contribution in [0.4, 0.5) is 0 Å². The summed E-state index contributed by atoms with van der Waals surface area (Å²) in [6, 6.07) is 0. The smallest absolute Gasteiger partial charge is 0.310 e. The predicted octanol–water partition coefficient (Wildman–Crippen LogP) is 11.3. The molecule has 1 aliphatic rings. The highest BCUT2D eigenvalue weighted by molar-refractivity contribution is 5.71. The molecule has 0 aromatic rings. The first-order chi connectivity index (χ1) is 30.8. The predicted molar refractivity (Wildman–Crippen MR) is 256 cm³/mol. The van der Waals surface area contributed by atoms with Gasteiger partial charge in [0.05, 0.1) is 19.6 Å². The largest absolute Gasteiger partial charge is 0.462 e. The third kappa shape index (κ3) is 34.0. The summed E-state index contributed by atoms with van der Waals surface area (Å²) in [6.45, 7) is 3.20. The van der Waals surface area contributed by atoms with Gasteiger partial charge in [-0.3, -0.25) is 9.59 Å². The summed E-state index contributed by atoms with van der Waals surface area (Å²) in [5.41, 5.74) is 0. The summed E-state index contributed by atoms with van der Waals surface area (Å²) < 4.78 is 22.1. The lowest BCUT2D eigenvalue weighted by Gasteiger charge is -2.39. The Kier molecular flexibility index (Phi) is 39.3. The highest BCUT2D eigenvalue weighted by Crippen LogP contribution is 2.22. The third-order valence-corrected chi connectivity index (χ3v) is 10.8. The van der Waals surface area contributed by atoms with E-state index in [2.05, 4.69) is 80.7 Å². The maximum atomic E-state index is 12.7. The Hall–Kier alpha value is -3.12. The van der Waals surface area contributed by atoms with E-state index in [1.165, 1.54) is 89.9 Å². The molecule has 1 fully saturated rings. The van der Waals surface area contributed by atoms with Crippen LogP contribution >= 0.6 is 0 Å². The SMILES string of the molecule is CC/C=C\C/C=C\C/C=C\C/C=C\C/C=C\CC(=O)OC(COC(=O)CCCCCCCCCCCCC/C=C\C/C=C\CCCCCCC)COC1OC(CO)C(O)C(O)C1O. The van der Waals surface area contributed by atoms with Gasteiger partial charge in [-0.1, -0.05) is 182 Å². The molecule has 0 aliphatic carbocycles. The van der Waals surface area contributed by atoms with E-state index in [0.717, 1.165) is 51.4 Å². The Bertz CT molecular complexity index is 1300. The molecular weight excluding hydrogens is 797 g/mol. The van der Waals surface area contributed by atoms with Crippen LogP contribution in [0, 0.1) is 0 Å². The van der Waals surface area contributed by atoms with Crippen molar-refractivity contribution >= 4 is 11.9 Å². The minimum atomic E-state index is -1.62. The summed E-state index contributed by atoms with van der Waals surface area (Å²) in [4.78, 5) is 25.3. The fourth-order valence-corrected chi connectivity index (χ4v) is 6.94. The summed E-state index contributed by atoms with van der Waals surface area (Å²) in [6.07, 6.45) is 49.1. The van der Waals surface area contributed by atoms with Gasteiger partial charge in [-0.05, 0) is 70.6 Å². The fourth-order valence-electron chi connectivity index (χ4n) is 6.94. The van der Waals surface area contributed by atoms with Gasteiger partial charge in [0, 0.05) is 6.42 Å². The maximum absolute atomic E-state index is 12.7. The van der Waals surface area contributed by atoms with Crippen molar-refractivity contribution in [2.75, 3.05) is 19.8 Å². The van der Waals surface area contributed by atoms with Gasteiger partial charge in [-0.25, -0.2) is 0 Å². The second-order valence-electron chi connectivity index (χ2n) is 16.5. The molecule has 6 atom stereocenters. The van der Waals surface area contributed by atoms with Crippen molar-refractivity contribution in [3.8, 4) is 0 Å². The van der Waals surface area contributed by atoms with Gasteiger partial charge in [0.1, 0.15) is 31.0 Å². The van der Waals surface area contributed by atoms with Crippen LogP contribution in [0.1, 0.15) is 181 Å². The Morgan fingerprint density at radius 1 is 0.524 bits per heavy atom. The van der Waals surface area contributed by atoms with E-state index < -0.39 is 55.4 Å². The van der Waals surface area contributed by atoms with Gasteiger partial charge in [0.15, 0.2) is 12.4 Å². The molecule has 0 amide bonds. The third-order valence-electron chi connectivity index (χ3n) is 10.8. The van der Waals surface area contributed by atoms with Crippen molar-refractivity contribution in [3.63, 3.8) is 0 Å². The van der Waals surface area contributed by atoms with E-state index >= 15 is 0 Å². The Balaban J connectivity index is 2.30. The first-order valence-electron chi connectivity index (χ1n) is 24.7. The molecule has 6 unspecified atom stereocenters. The van der Waals surface area contributed by atoms with Gasteiger partial charge < -0.3 is 39.4 Å². The molecule has 10 heteroatoms.